The molecule has 2 heterocycles. The zero-order chi connectivity index (χ0) is 33.8. The van der Waals surface area contributed by atoms with Crippen LogP contribution in [0, 0.1) is 0 Å². The molecule has 1 aliphatic rings. The maximum Gasteiger partial charge on any atom is 0.179 e. The van der Waals surface area contributed by atoms with Gasteiger partial charge in [0, 0.05) is 32.8 Å². The van der Waals surface area contributed by atoms with Gasteiger partial charge in [0.15, 0.2) is 8.07 Å². The van der Waals surface area contributed by atoms with Gasteiger partial charge in [-0.25, -0.2) is 0 Å². The molecule has 2 nitrogen and oxygen atoms in total. The van der Waals surface area contributed by atoms with Gasteiger partial charge in [0.2, 0.25) is 0 Å². The molecule has 242 valence electrons. The number of nitrogens with zero attached hydrogens (tertiary/aromatic N) is 1. The van der Waals surface area contributed by atoms with Crippen molar-refractivity contribution in [1.82, 2.24) is 4.57 Å². The highest BCUT2D eigenvalue weighted by atomic mass is 28.3. The predicted molar refractivity (Wildman–Crippen MR) is 217 cm³/mol. The lowest BCUT2D eigenvalue weighted by Gasteiger charge is -2.36. The van der Waals surface area contributed by atoms with Crippen LogP contribution in [0.3, 0.4) is 0 Å². The minimum atomic E-state index is -2.70. The standard InChI is InChI=1S/C48H35NOSi/c1-3-14-36(15-4-1)51(37-16-5-2-6-17-37,38-30-26-34(27-31-38)40-21-13-22-44-43-20-9-12-25-47(43)50-48(40)44)39-32-28-35(29-33-39)49-45-23-10-7-18-41(45)42-19-8-11-24-46(42)49/h1,3-5,7-33H,2,6H2. The van der Waals surface area contributed by atoms with Gasteiger partial charge < -0.3 is 8.98 Å². The molecule has 0 saturated carbocycles. The molecule has 0 spiro atoms. The van der Waals surface area contributed by atoms with Gasteiger partial charge in [-0.15, -0.1) is 0 Å². The fourth-order valence-corrected chi connectivity index (χ4v) is 13.4. The second-order valence-electron chi connectivity index (χ2n) is 13.5. The summed E-state index contributed by atoms with van der Waals surface area (Å²) < 4.78 is 8.86. The lowest BCUT2D eigenvalue weighted by molar-refractivity contribution is 0.670. The number of rotatable bonds is 6. The Bertz CT molecular complexity index is 2730. The topological polar surface area (TPSA) is 18.1 Å². The van der Waals surface area contributed by atoms with Crippen LogP contribution in [0.15, 0.2) is 198 Å². The highest BCUT2D eigenvalue weighted by molar-refractivity contribution is 7.16. The van der Waals surface area contributed by atoms with E-state index in [2.05, 4.69) is 187 Å². The third kappa shape index (κ3) is 4.62. The number of furan rings is 1. The van der Waals surface area contributed by atoms with Crippen LogP contribution in [0.2, 0.25) is 0 Å². The summed E-state index contributed by atoms with van der Waals surface area (Å²) in [6.07, 6.45) is 9.41. The van der Waals surface area contributed by atoms with Crippen LogP contribution < -0.4 is 15.6 Å². The van der Waals surface area contributed by atoms with Crippen LogP contribution in [-0.2, 0) is 0 Å². The molecule has 7 aromatic carbocycles. The predicted octanol–water partition coefficient (Wildman–Crippen LogP) is 10.6. The molecule has 0 radical (unpaired) electrons. The molecule has 0 amide bonds. The van der Waals surface area contributed by atoms with E-state index >= 15 is 0 Å². The fraction of sp³-hybridized carbons (Fsp3) is 0.0417. The van der Waals surface area contributed by atoms with E-state index in [1.54, 1.807) is 0 Å². The summed E-state index contributed by atoms with van der Waals surface area (Å²) in [5, 5.41) is 10.4. The van der Waals surface area contributed by atoms with Gasteiger partial charge in [0.25, 0.3) is 0 Å². The minimum Gasteiger partial charge on any atom is -0.455 e. The molecular formula is C48H35NOSi. The minimum absolute atomic E-state index is 0.924. The summed E-state index contributed by atoms with van der Waals surface area (Å²) in [6, 6.07) is 62.4. The number of para-hydroxylation sites is 4. The Labute approximate surface area is 298 Å². The van der Waals surface area contributed by atoms with Crippen molar-refractivity contribution in [3.8, 4) is 16.8 Å². The Morgan fingerprint density at radius 1 is 0.471 bits per heavy atom. The molecule has 0 N–H and O–H groups in total. The number of fused-ring (bicyclic) bond motifs is 6. The Hall–Kier alpha value is -6.16. The molecule has 9 aromatic rings. The van der Waals surface area contributed by atoms with Gasteiger partial charge in [-0.05, 0) is 69.5 Å². The first-order chi connectivity index (χ1) is 25.3. The first-order valence-corrected chi connectivity index (χ1v) is 19.8. The summed E-state index contributed by atoms with van der Waals surface area (Å²) >= 11 is 0. The van der Waals surface area contributed by atoms with E-state index in [0.29, 0.717) is 0 Å². The Balaban J connectivity index is 1.16. The van der Waals surface area contributed by atoms with Crippen molar-refractivity contribution in [2.45, 2.75) is 12.8 Å². The van der Waals surface area contributed by atoms with Gasteiger partial charge in [-0.3, -0.25) is 0 Å². The summed E-state index contributed by atoms with van der Waals surface area (Å²) in [5.41, 5.74) is 7.78. The van der Waals surface area contributed by atoms with Gasteiger partial charge in [0.1, 0.15) is 11.2 Å². The van der Waals surface area contributed by atoms with Crippen molar-refractivity contribution in [2.24, 2.45) is 0 Å². The normalized spacial score (nSPS) is 14.3. The summed E-state index contributed by atoms with van der Waals surface area (Å²) in [5.74, 6) is 0. The molecule has 0 aliphatic heterocycles. The van der Waals surface area contributed by atoms with Crippen molar-refractivity contribution in [2.75, 3.05) is 0 Å². The van der Waals surface area contributed by atoms with Gasteiger partial charge >= 0.3 is 0 Å². The SMILES string of the molecule is C1=CC([Si](c2ccccc2)(c2ccc(-c3cccc4c3oc3ccccc34)cc2)c2ccc(-n3c4ccccc4c4ccccc43)cc2)=CCC1. The lowest BCUT2D eigenvalue weighted by Crippen LogP contribution is -2.68. The fourth-order valence-electron chi connectivity index (χ4n) is 8.52. The van der Waals surface area contributed by atoms with Crippen LogP contribution in [-0.4, -0.2) is 12.6 Å². The second kappa shape index (κ2) is 12.0. The molecular weight excluding hydrogens is 635 g/mol. The molecule has 10 rings (SSSR count). The van der Waals surface area contributed by atoms with E-state index in [9.17, 15) is 0 Å². The zero-order valence-electron chi connectivity index (χ0n) is 28.2. The van der Waals surface area contributed by atoms with E-state index in [0.717, 1.165) is 45.9 Å². The van der Waals surface area contributed by atoms with E-state index in [4.69, 9.17) is 4.42 Å². The molecule has 2 aromatic heterocycles. The Morgan fingerprint density at radius 2 is 1.06 bits per heavy atom. The van der Waals surface area contributed by atoms with Crippen molar-refractivity contribution >= 4 is 67.4 Å². The quantitative estimate of drug-likeness (QED) is 0.127. The molecule has 51 heavy (non-hydrogen) atoms. The highest BCUT2D eigenvalue weighted by Gasteiger charge is 2.42. The van der Waals surface area contributed by atoms with Crippen LogP contribution in [0.1, 0.15) is 12.8 Å². The van der Waals surface area contributed by atoms with Crippen LogP contribution >= 0.6 is 0 Å². The maximum atomic E-state index is 6.45. The van der Waals surface area contributed by atoms with Crippen molar-refractivity contribution in [3.63, 3.8) is 0 Å². The van der Waals surface area contributed by atoms with Crippen LogP contribution in [0.25, 0.3) is 60.6 Å². The van der Waals surface area contributed by atoms with Gasteiger partial charge in [0.05, 0.1) is 11.0 Å². The lowest BCUT2D eigenvalue weighted by atomic mass is 10.0. The Morgan fingerprint density at radius 3 is 1.75 bits per heavy atom. The van der Waals surface area contributed by atoms with Crippen LogP contribution in [0.5, 0.6) is 0 Å². The van der Waals surface area contributed by atoms with Crippen molar-refractivity contribution < 1.29 is 4.42 Å². The average molecular weight is 670 g/mol. The summed E-state index contributed by atoms with van der Waals surface area (Å²) in [4.78, 5) is 0. The average Bonchev–Trinajstić information content (AvgIpc) is 3.76. The third-order valence-corrected chi connectivity index (χ3v) is 15.6. The molecule has 1 unspecified atom stereocenters. The molecule has 0 fully saturated rings. The van der Waals surface area contributed by atoms with Crippen molar-refractivity contribution in [1.29, 1.82) is 0 Å². The van der Waals surface area contributed by atoms with E-state index in [-0.39, 0.29) is 0 Å². The van der Waals surface area contributed by atoms with E-state index in [1.165, 1.54) is 48.2 Å². The summed E-state index contributed by atoms with van der Waals surface area (Å²) in [7, 11) is -2.70. The largest absolute Gasteiger partial charge is 0.455 e. The molecule has 1 atom stereocenters. The van der Waals surface area contributed by atoms with Gasteiger partial charge in [-0.1, -0.05) is 158 Å². The van der Waals surface area contributed by atoms with Crippen molar-refractivity contribution in [3.05, 3.63) is 193 Å². The smallest absolute Gasteiger partial charge is 0.179 e. The van der Waals surface area contributed by atoms with E-state index in [1.807, 2.05) is 6.07 Å². The third-order valence-electron chi connectivity index (χ3n) is 10.8. The highest BCUT2D eigenvalue weighted by Crippen LogP contribution is 2.36. The van der Waals surface area contributed by atoms with Gasteiger partial charge in [-0.2, -0.15) is 0 Å². The first kappa shape index (κ1) is 29.7. The number of aromatic nitrogens is 1. The van der Waals surface area contributed by atoms with Crippen LogP contribution in [0.4, 0.5) is 0 Å². The number of benzene rings is 7. The molecule has 1 aliphatic carbocycles. The molecule has 0 saturated heterocycles. The Kier molecular flexibility index (Phi) is 7.00. The zero-order valence-corrected chi connectivity index (χ0v) is 29.2. The molecule has 0 bridgehead atoms. The first-order valence-electron chi connectivity index (χ1n) is 17.8. The maximum absolute atomic E-state index is 6.45. The second-order valence-corrected chi connectivity index (χ2v) is 17.3. The number of allylic oxidation sites excluding steroid dienone is 4. The molecule has 3 heteroatoms. The summed E-state index contributed by atoms with van der Waals surface area (Å²) in [6.45, 7) is 0. The number of hydrogen-bond acceptors (Lipinski definition) is 1. The number of hydrogen-bond donors (Lipinski definition) is 0. The monoisotopic (exact) mass is 669 g/mol. The van der Waals surface area contributed by atoms with E-state index < -0.39 is 8.07 Å².